The van der Waals surface area contributed by atoms with E-state index in [-0.39, 0.29) is 12.5 Å². The standard InChI is InChI=1S/C7H13NO2/c1-8-6(10)7(5-9)3-2-4-7/h9H,2-5H2,1H3,(H,8,10). The molecule has 1 rings (SSSR count). The third-order valence-electron chi connectivity index (χ3n) is 2.32. The summed E-state index contributed by atoms with van der Waals surface area (Å²) in [7, 11) is 1.61. The largest absolute Gasteiger partial charge is 0.395 e. The van der Waals surface area contributed by atoms with Gasteiger partial charge in [-0.1, -0.05) is 6.42 Å². The highest BCUT2D eigenvalue weighted by molar-refractivity contribution is 5.83. The second kappa shape index (κ2) is 2.58. The summed E-state index contributed by atoms with van der Waals surface area (Å²) in [6.07, 6.45) is 2.74. The van der Waals surface area contributed by atoms with Gasteiger partial charge in [-0.25, -0.2) is 0 Å². The van der Waals surface area contributed by atoms with Crippen LogP contribution in [0.25, 0.3) is 0 Å². The highest BCUT2D eigenvalue weighted by Gasteiger charge is 2.42. The third-order valence-corrected chi connectivity index (χ3v) is 2.32. The number of aliphatic hydroxyl groups is 1. The number of hydrogen-bond donors (Lipinski definition) is 2. The maximum Gasteiger partial charge on any atom is 0.228 e. The molecule has 0 aromatic carbocycles. The summed E-state index contributed by atoms with van der Waals surface area (Å²) >= 11 is 0. The van der Waals surface area contributed by atoms with Crippen molar-refractivity contribution in [3.63, 3.8) is 0 Å². The number of rotatable bonds is 2. The number of amides is 1. The molecule has 58 valence electrons. The maximum absolute atomic E-state index is 11.1. The monoisotopic (exact) mass is 143 g/mol. The van der Waals surface area contributed by atoms with Crippen LogP contribution >= 0.6 is 0 Å². The van der Waals surface area contributed by atoms with Crippen molar-refractivity contribution in [2.75, 3.05) is 13.7 Å². The van der Waals surface area contributed by atoms with Gasteiger partial charge in [-0.3, -0.25) is 4.79 Å². The molecule has 1 amide bonds. The SMILES string of the molecule is CNC(=O)C1(CO)CCC1. The summed E-state index contributed by atoms with van der Waals surface area (Å²) in [5.41, 5.74) is -0.422. The fourth-order valence-corrected chi connectivity index (χ4v) is 1.33. The molecule has 1 saturated carbocycles. The average molecular weight is 143 g/mol. The van der Waals surface area contributed by atoms with Crippen molar-refractivity contribution < 1.29 is 9.90 Å². The first-order chi connectivity index (χ1) is 4.75. The average Bonchev–Trinajstić information content (AvgIpc) is 1.86. The molecule has 1 aliphatic rings. The van der Waals surface area contributed by atoms with Gasteiger partial charge in [0.05, 0.1) is 12.0 Å². The first-order valence-electron chi connectivity index (χ1n) is 3.58. The molecule has 0 aromatic heterocycles. The minimum atomic E-state index is -0.422. The zero-order valence-electron chi connectivity index (χ0n) is 6.18. The van der Waals surface area contributed by atoms with E-state index in [0.29, 0.717) is 0 Å². The maximum atomic E-state index is 11.1. The molecule has 1 fully saturated rings. The van der Waals surface area contributed by atoms with Gasteiger partial charge in [0.15, 0.2) is 0 Å². The third kappa shape index (κ3) is 0.904. The molecule has 0 spiro atoms. The molecular formula is C7H13NO2. The van der Waals surface area contributed by atoms with Crippen LogP contribution in [-0.2, 0) is 4.79 Å². The van der Waals surface area contributed by atoms with Crippen LogP contribution in [0.2, 0.25) is 0 Å². The summed E-state index contributed by atoms with van der Waals surface area (Å²) in [5.74, 6) is -0.0127. The van der Waals surface area contributed by atoms with E-state index in [1.165, 1.54) is 0 Å². The zero-order chi connectivity index (χ0) is 7.61. The number of carbonyl (C=O) groups is 1. The van der Waals surface area contributed by atoms with Crippen molar-refractivity contribution in [2.24, 2.45) is 5.41 Å². The van der Waals surface area contributed by atoms with E-state index in [2.05, 4.69) is 5.32 Å². The Morgan fingerprint density at radius 2 is 2.30 bits per heavy atom. The fraction of sp³-hybridized carbons (Fsp3) is 0.857. The Morgan fingerprint density at radius 3 is 2.40 bits per heavy atom. The van der Waals surface area contributed by atoms with Gasteiger partial charge in [0.1, 0.15) is 0 Å². The molecule has 3 nitrogen and oxygen atoms in total. The highest BCUT2D eigenvalue weighted by atomic mass is 16.3. The van der Waals surface area contributed by atoms with Crippen LogP contribution in [0.3, 0.4) is 0 Å². The van der Waals surface area contributed by atoms with Crippen molar-refractivity contribution in [1.29, 1.82) is 0 Å². The molecular weight excluding hydrogens is 130 g/mol. The molecule has 0 bridgehead atoms. The lowest BCUT2D eigenvalue weighted by atomic mass is 9.69. The summed E-state index contributed by atoms with van der Waals surface area (Å²) in [6, 6.07) is 0. The van der Waals surface area contributed by atoms with Crippen molar-refractivity contribution in [1.82, 2.24) is 5.32 Å². The van der Waals surface area contributed by atoms with Gasteiger partial charge < -0.3 is 10.4 Å². The van der Waals surface area contributed by atoms with Gasteiger partial charge in [0.25, 0.3) is 0 Å². The second-order valence-corrected chi connectivity index (χ2v) is 2.87. The normalized spacial score (nSPS) is 21.4. The molecule has 3 heteroatoms. The first kappa shape index (κ1) is 7.54. The van der Waals surface area contributed by atoms with E-state index >= 15 is 0 Å². The van der Waals surface area contributed by atoms with Crippen molar-refractivity contribution >= 4 is 5.91 Å². The summed E-state index contributed by atoms with van der Waals surface area (Å²) in [6.45, 7) is -0.00727. The van der Waals surface area contributed by atoms with E-state index in [0.717, 1.165) is 19.3 Å². The Bertz CT molecular complexity index is 135. The van der Waals surface area contributed by atoms with Crippen LogP contribution in [0.15, 0.2) is 0 Å². The van der Waals surface area contributed by atoms with E-state index in [9.17, 15) is 4.79 Å². The van der Waals surface area contributed by atoms with Crippen LogP contribution in [0, 0.1) is 5.41 Å². The Balaban J connectivity index is 2.55. The summed E-state index contributed by atoms with van der Waals surface area (Å²) < 4.78 is 0. The smallest absolute Gasteiger partial charge is 0.228 e. The number of hydrogen-bond acceptors (Lipinski definition) is 2. The van der Waals surface area contributed by atoms with Crippen molar-refractivity contribution in [3.05, 3.63) is 0 Å². The van der Waals surface area contributed by atoms with Gasteiger partial charge in [-0.2, -0.15) is 0 Å². The minimum absolute atomic E-state index is 0.00727. The predicted molar refractivity (Wildman–Crippen MR) is 37.4 cm³/mol. The van der Waals surface area contributed by atoms with E-state index in [1.54, 1.807) is 7.05 Å². The molecule has 0 unspecified atom stereocenters. The molecule has 0 atom stereocenters. The van der Waals surface area contributed by atoms with Gasteiger partial charge in [-0.05, 0) is 12.8 Å². The number of carbonyl (C=O) groups excluding carboxylic acids is 1. The van der Waals surface area contributed by atoms with Crippen LogP contribution in [0.1, 0.15) is 19.3 Å². The van der Waals surface area contributed by atoms with Gasteiger partial charge >= 0.3 is 0 Å². The van der Waals surface area contributed by atoms with Crippen molar-refractivity contribution in [3.8, 4) is 0 Å². The van der Waals surface area contributed by atoms with Crippen LogP contribution in [-0.4, -0.2) is 24.7 Å². The molecule has 1 aliphatic carbocycles. The molecule has 2 N–H and O–H groups in total. The minimum Gasteiger partial charge on any atom is -0.395 e. The zero-order valence-corrected chi connectivity index (χ0v) is 6.18. The molecule has 0 aliphatic heterocycles. The van der Waals surface area contributed by atoms with E-state index in [1.807, 2.05) is 0 Å². The lowest BCUT2D eigenvalue weighted by Gasteiger charge is -2.37. The molecule has 0 heterocycles. The van der Waals surface area contributed by atoms with Gasteiger partial charge in [0, 0.05) is 7.05 Å². The van der Waals surface area contributed by atoms with E-state index in [4.69, 9.17) is 5.11 Å². The van der Waals surface area contributed by atoms with E-state index < -0.39 is 5.41 Å². The molecule has 0 aromatic rings. The predicted octanol–water partition coefficient (Wildman–Crippen LogP) is -0.105. The number of aliphatic hydroxyl groups excluding tert-OH is 1. The summed E-state index contributed by atoms with van der Waals surface area (Å²) in [5, 5.41) is 11.4. The Morgan fingerprint density at radius 1 is 1.70 bits per heavy atom. The number of nitrogens with one attached hydrogen (secondary N) is 1. The Hall–Kier alpha value is -0.570. The van der Waals surface area contributed by atoms with Gasteiger partial charge in [-0.15, -0.1) is 0 Å². The van der Waals surface area contributed by atoms with Crippen molar-refractivity contribution in [2.45, 2.75) is 19.3 Å². The lowest BCUT2D eigenvalue weighted by Crippen LogP contribution is -2.46. The van der Waals surface area contributed by atoms with Crippen LogP contribution < -0.4 is 5.32 Å². The summed E-state index contributed by atoms with van der Waals surface area (Å²) in [4.78, 5) is 11.1. The molecule has 0 radical (unpaired) electrons. The first-order valence-corrected chi connectivity index (χ1v) is 3.58. The Kier molecular flexibility index (Phi) is 1.94. The lowest BCUT2D eigenvalue weighted by molar-refractivity contribution is -0.138. The topological polar surface area (TPSA) is 49.3 Å². The van der Waals surface area contributed by atoms with Crippen LogP contribution in [0.4, 0.5) is 0 Å². The molecule has 0 saturated heterocycles. The second-order valence-electron chi connectivity index (χ2n) is 2.87. The quantitative estimate of drug-likeness (QED) is 0.567. The highest BCUT2D eigenvalue weighted by Crippen LogP contribution is 2.40. The fourth-order valence-electron chi connectivity index (χ4n) is 1.33. The van der Waals surface area contributed by atoms with Crippen LogP contribution in [0.5, 0.6) is 0 Å². The van der Waals surface area contributed by atoms with Gasteiger partial charge in [0.2, 0.25) is 5.91 Å². The Labute approximate surface area is 60.4 Å². The molecule has 10 heavy (non-hydrogen) atoms.